The highest BCUT2D eigenvalue weighted by molar-refractivity contribution is 7.44. The second-order valence-electron chi connectivity index (χ2n) is 2.60. The van der Waals surface area contributed by atoms with Crippen LogP contribution in [0.5, 0.6) is 0 Å². The van der Waals surface area contributed by atoms with E-state index in [2.05, 4.69) is 4.74 Å². The number of carbonyl (C=O) groups excluding carboxylic acids is 1. The molecule has 0 unspecified atom stereocenters. The molecule has 0 atom stereocenters. The lowest BCUT2D eigenvalue weighted by Gasteiger charge is -2.05. The van der Waals surface area contributed by atoms with E-state index in [0.29, 0.717) is 24.2 Å². The molecule has 7 heteroatoms. The number of ether oxygens (including phenoxy) is 1. The molecule has 1 heterocycles. The predicted octanol–water partition coefficient (Wildman–Crippen LogP) is -3.12. The van der Waals surface area contributed by atoms with Crippen LogP contribution in [-0.2, 0) is 14.0 Å². The highest BCUT2D eigenvalue weighted by atomic mass is 29.7. The molecule has 0 aliphatic carbocycles. The van der Waals surface area contributed by atoms with Crippen molar-refractivity contribution < 1.29 is 14.0 Å². The summed E-state index contributed by atoms with van der Waals surface area (Å²) in [5.74, 6) is -0.211. The summed E-state index contributed by atoms with van der Waals surface area (Å²) in [5, 5.41) is 0. The molecule has 0 aromatic carbocycles. The van der Waals surface area contributed by atoms with Crippen LogP contribution in [0, 0.1) is 0 Å². The van der Waals surface area contributed by atoms with Crippen molar-refractivity contribution in [3.05, 3.63) is 0 Å². The zero-order valence-electron chi connectivity index (χ0n) is 7.97. The van der Waals surface area contributed by atoms with Gasteiger partial charge in [-0.2, -0.15) is 0 Å². The number of esters is 1. The van der Waals surface area contributed by atoms with Gasteiger partial charge in [-0.3, -0.25) is 4.79 Å². The fourth-order valence-corrected chi connectivity index (χ4v) is 33.8. The maximum Gasteiger partial charge on any atom is 0.302 e. The molecule has 0 spiro atoms. The Morgan fingerprint density at radius 1 is 1.58 bits per heavy atom. The van der Waals surface area contributed by atoms with Gasteiger partial charge in [0.2, 0.25) is 0 Å². The minimum absolute atomic E-state index is 0.211. The van der Waals surface area contributed by atoms with Crippen LogP contribution in [-0.4, -0.2) is 54.2 Å². The maximum absolute atomic E-state index is 9.82. The van der Waals surface area contributed by atoms with Crippen LogP contribution in [0.4, 0.5) is 0 Å². The molecule has 3 nitrogen and oxygen atoms in total. The molecule has 0 aromatic rings. The molecule has 72 valence electrons. The fourth-order valence-electron chi connectivity index (χ4n) is 0.890. The van der Waals surface area contributed by atoms with Gasteiger partial charge in [-0.05, 0) is 15.5 Å². The zero-order chi connectivity index (χ0) is 9.23. The van der Waals surface area contributed by atoms with Crippen molar-refractivity contribution in [2.75, 3.05) is 12.8 Å². The summed E-state index contributed by atoms with van der Waals surface area (Å²) in [6.45, 7) is 3.65. The van der Waals surface area contributed by atoms with E-state index in [1.807, 2.05) is 0 Å². The quantitative estimate of drug-likeness (QED) is 0.358. The van der Waals surface area contributed by atoms with Crippen molar-refractivity contribution in [2.45, 2.75) is 13.8 Å². The van der Waals surface area contributed by atoms with Crippen molar-refractivity contribution in [3.8, 4) is 0 Å². The van der Waals surface area contributed by atoms with Crippen molar-refractivity contribution in [1.82, 2.24) is 0 Å². The molecule has 0 saturated carbocycles. The second-order valence-corrected chi connectivity index (χ2v) is 26.3. The molecule has 12 heavy (non-hydrogen) atoms. The molecule has 1 rings (SSSR count). The highest BCUT2D eigenvalue weighted by Gasteiger charge is 1.98. The summed E-state index contributed by atoms with van der Waals surface area (Å²) in [4.78, 5) is 9.82. The molecule has 0 N–H and O–H groups in total. The van der Waals surface area contributed by atoms with Gasteiger partial charge in [-0.15, -0.1) is 0 Å². The van der Waals surface area contributed by atoms with Gasteiger partial charge >= 0.3 is 5.97 Å². The third-order valence-electron chi connectivity index (χ3n) is 1.42. The molecule has 0 bridgehead atoms. The summed E-state index contributed by atoms with van der Waals surface area (Å²) in [7, 11) is 2.11. The SMILES string of the molecule is C1O[SiH2][SiH2][SiH2][SiH2]1.CCOC(C)=O. The second kappa shape index (κ2) is 9.39. The highest BCUT2D eigenvalue weighted by Crippen LogP contribution is 1.72. The lowest BCUT2D eigenvalue weighted by Crippen LogP contribution is -2.31. The van der Waals surface area contributed by atoms with E-state index in [4.69, 9.17) is 4.43 Å². The largest absolute Gasteiger partial charge is 0.466 e. The van der Waals surface area contributed by atoms with E-state index >= 15 is 0 Å². The number of rotatable bonds is 1. The Kier molecular flexibility index (Phi) is 9.62. The Hall–Kier alpha value is 0.298. The Morgan fingerprint density at radius 2 is 2.33 bits per heavy atom. The van der Waals surface area contributed by atoms with Gasteiger partial charge in [0.1, 0.15) is 9.28 Å². The smallest absolute Gasteiger partial charge is 0.302 e. The third kappa shape index (κ3) is 10.3. The van der Waals surface area contributed by atoms with Crippen LogP contribution in [0.2, 0.25) is 0 Å². The van der Waals surface area contributed by atoms with Gasteiger partial charge in [0.05, 0.1) is 6.61 Å². The molecule has 0 radical (unpaired) electrons. The van der Waals surface area contributed by atoms with Crippen molar-refractivity contribution in [2.24, 2.45) is 0 Å². The Morgan fingerprint density at radius 3 is 2.42 bits per heavy atom. The van der Waals surface area contributed by atoms with Gasteiger partial charge < -0.3 is 9.16 Å². The Labute approximate surface area is 82.4 Å². The number of carbonyl (C=O) groups is 1. The normalized spacial score (nSPS) is 23.8. The first-order valence-electron chi connectivity index (χ1n) is 4.48. The van der Waals surface area contributed by atoms with Gasteiger partial charge in [0.15, 0.2) is 0 Å². The van der Waals surface area contributed by atoms with Gasteiger partial charge in [-0.1, -0.05) is 0 Å². The molecule has 1 saturated heterocycles. The predicted molar refractivity (Wildman–Crippen MR) is 62.4 cm³/mol. The van der Waals surface area contributed by atoms with Crippen LogP contribution in [0.25, 0.3) is 0 Å². The van der Waals surface area contributed by atoms with E-state index in [1.54, 1.807) is 6.92 Å². The average molecular weight is 239 g/mol. The lowest BCUT2D eigenvalue weighted by molar-refractivity contribution is -0.140. The third-order valence-corrected chi connectivity index (χ3v) is 35.1. The zero-order valence-corrected chi connectivity index (χ0v) is 13.6. The monoisotopic (exact) mass is 238 g/mol. The molecular formula is C5H18O3Si4. The van der Waals surface area contributed by atoms with E-state index in [0.717, 1.165) is 8.55 Å². The summed E-state index contributed by atoms with van der Waals surface area (Å²) >= 11 is 0. The molecular weight excluding hydrogens is 220 g/mol. The standard InChI is InChI=1S/C4H8O2.CH10OSi4/c1-3-6-4(2)5;1-2-4-6-5-3-1/h3H2,1-2H3;1,3-6H2. The fraction of sp³-hybridized carbons (Fsp3) is 0.800. The summed E-state index contributed by atoms with van der Waals surface area (Å²) in [6.07, 6.45) is 1.30. The molecule has 1 aliphatic rings. The number of hydrogen-bond acceptors (Lipinski definition) is 3. The molecule has 0 amide bonds. The summed E-state index contributed by atoms with van der Waals surface area (Å²) in [5.41, 5.74) is 0. The number of hydrogen-bond donors (Lipinski definition) is 0. The Balaban J connectivity index is 0.000000202. The van der Waals surface area contributed by atoms with Gasteiger partial charge in [0.25, 0.3) is 0 Å². The van der Waals surface area contributed by atoms with Crippen LogP contribution >= 0.6 is 0 Å². The summed E-state index contributed by atoms with van der Waals surface area (Å²) < 4.78 is 9.77. The molecule has 0 aromatic heterocycles. The van der Waals surface area contributed by atoms with Crippen molar-refractivity contribution in [1.29, 1.82) is 0 Å². The van der Waals surface area contributed by atoms with E-state index in [-0.39, 0.29) is 15.2 Å². The van der Waals surface area contributed by atoms with Crippen LogP contribution in [0.3, 0.4) is 0 Å². The van der Waals surface area contributed by atoms with E-state index < -0.39 is 0 Å². The molecule has 1 aliphatic heterocycles. The van der Waals surface area contributed by atoms with Crippen LogP contribution in [0.15, 0.2) is 0 Å². The first-order chi connectivity index (χ1) is 5.77. The lowest BCUT2D eigenvalue weighted by atomic mass is 10.8. The maximum atomic E-state index is 9.82. The topological polar surface area (TPSA) is 35.5 Å². The van der Waals surface area contributed by atoms with Crippen LogP contribution in [0.1, 0.15) is 13.8 Å². The van der Waals surface area contributed by atoms with E-state index in [9.17, 15) is 4.79 Å². The van der Waals surface area contributed by atoms with E-state index in [1.165, 1.54) is 13.2 Å². The van der Waals surface area contributed by atoms with Crippen molar-refractivity contribution >= 4 is 41.4 Å². The van der Waals surface area contributed by atoms with Gasteiger partial charge in [0, 0.05) is 30.7 Å². The minimum atomic E-state index is -0.211. The van der Waals surface area contributed by atoms with Crippen LogP contribution < -0.4 is 0 Å². The van der Waals surface area contributed by atoms with Crippen molar-refractivity contribution in [3.63, 3.8) is 0 Å². The van der Waals surface area contributed by atoms with Gasteiger partial charge in [-0.25, -0.2) is 0 Å². The molecule has 1 fully saturated rings. The summed E-state index contributed by atoms with van der Waals surface area (Å²) in [6, 6.07) is 0. The first-order valence-corrected chi connectivity index (χ1v) is 18.1. The minimum Gasteiger partial charge on any atom is -0.466 e. The Bertz CT molecular complexity index is 106. The first kappa shape index (κ1) is 12.3. The average Bonchev–Trinajstić information content (AvgIpc) is 2.08.